The SMILES string of the molecule is Cc1ccc(NC(=O)c2ccc(Br)cc2)cc1OCc1cc(=O)n2cccc(C)c2n1. The topological polar surface area (TPSA) is 72.7 Å². The molecule has 0 aliphatic heterocycles. The summed E-state index contributed by atoms with van der Waals surface area (Å²) >= 11 is 3.36. The van der Waals surface area contributed by atoms with Crippen molar-refractivity contribution in [3.8, 4) is 5.75 Å². The molecule has 0 aliphatic rings. The van der Waals surface area contributed by atoms with Crippen LogP contribution in [0, 0.1) is 13.8 Å². The lowest BCUT2D eigenvalue weighted by Crippen LogP contribution is -2.17. The predicted molar refractivity (Wildman–Crippen MR) is 124 cm³/mol. The average Bonchev–Trinajstić information content (AvgIpc) is 2.75. The third-order valence-corrected chi connectivity index (χ3v) is 5.40. The minimum absolute atomic E-state index is 0.144. The molecule has 0 saturated carbocycles. The molecule has 0 spiro atoms. The molecule has 156 valence electrons. The molecule has 0 aliphatic carbocycles. The van der Waals surface area contributed by atoms with E-state index >= 15 is 0 Å². The Kier molecular flexibility index (Phi) is 5.86. The number of pyridine rings is 1. The van der Waals surface area contributed by atoms with Crippen LogP contribution in [0.4, 0.5) is 5.69 Å². The fourth-order valence-electron chi connectivity index (χ4n) is 3.17. The number of carbonyl (C=O) groups excluding carboxylic acids is 1. The molecule has 0 saturated heterocycles. The molecule has 0 bridgehead atoms. The summed E-state index contributed by atoms with van der Waals surface area (Å²) in [6.45, 7) is 3.97. The Balaban J connectivity index is 1.52. The van der Waals surface area contributed by atoms with Crippen molar-refractivity contribution in [2.24, 2.45) is 0 Å². The maximum Gasteiger partial charge on any atom is 0.258 e. The van der Waals surface area contributed by atoms with E-state index in [-0.39, 0.29) is 18.1 Å². The zero-order valence-electron chi connectivity index (χ0n) is 17.1. The van der Waals surface area contributed by atoms with E-state index in [9.17, 15) is 9.59 Å². The van der Waals surface area contributed by atoms with Crippen molar-refractivity contribution >= 4 is 33.2 Å². The second-order valence-electron chi connectivity index (χ2n) is 7.20. The first-order valence-electron chi connectivity index (χ1n) is 9.69. The van der Waals surface area contributed by atoms with E-state index in [1.165, 1.54) is 10.5 Å². The minimum atomic E-state index is -0.206. The van der Waals surface area contributed by atoms with Gasteiger partial charge in [0.05, 0.1) is 5.69 Å². The third-order valence-electron chi connectivity index (χ3n) is 4.87. The molecule has 0 fully saturated rings. The summed E-state index contributed by atoms with van der Waals surface area (Å²) in [5, 5.41) is 2.88. The minimum Gasteiger partial charge on any atom is -0.487 e. The molecular formula is C24H20BrN3O3. The summed E-state index contributed by atoms with van der Waals surface area (Å²) < 4.78 is 8.37. The Morgan fingerprint density at radius 2 is 1.84 bits per heavy atom. The van der Waals surface area contributed by atoms with Gasteiger partial charge < -0.3 is 10.1 Å². The number of fused-ring (bicyclic) bond motifs is 1. The second-order valence-corrected chi connectivity index (χ2v) is 8.12. The van der Waals surface area contributed by atoms with E-state index in [4.69, 9.17) is 4.74 Å². The molecule has 2 aromatic heterocycles. The van der Waals surface area contributed by atoms with Crippen molar-refractivity contribution in [2.75, 3.05) is 5.32 Å². The van der Waals surface area contributed by atoms with E-state index in [1.807, 2.05) is 50.2 Å². The smallest absolute Gasteiger partial charge is 0.258 e. The van der Waals surface area contributed by atoms with Gasteiger partial charge in [0.1, 0.15) is 18.0 Å². The molecule has 31 heavy (non-hydrogen) atoms. The van der Waals surface area contributed by atoms with Gasteiger partial charge >= 0.3 is 0 Å². The van der Waals surface area contributed by atoms with Crippen molar-refractivity contribution < 1.29 is 9.53 Å². The van der Waals surface area contributed by atoms with E-state index in [0.717, 1.165) is 15.6 Å². The number of benzene rings is 2. The Hall–Kier alpha value is -3.45. The zero-order valence-corrected chi connectivity index (χ0v) is 18.6. The number of carbonyl (C=O) groups is 1. The lowest BCUT2D eigenvalue weighted by molar-refractivity contribution is 0.102. The molecule has 2 aromatic carbocycles. The summed E-state index contributed by atoms with van der Waals surface area (Å²) in [4.78, 5) is 29.4. The number of hydrogen-bond acceptors (Lipinski definition) is 4. The highest BCUT2D eigenvalue weighted by Crippen LogP contribution is 2.24. The van der Waals surface area contributed by atoms with E-state index in [2.05, 4.69) is 26.2 Å². The number of nitrogens with zero attached hydrogens (tertiary/aromatic N) is 2. The van der Waals surface area contributed by atoms with E-state index in [0.29, 0.717) is 28.3 Å². The van der Waals surface area contributed by atoms with Gasteiger partial charge in [-0.25, -0.2) is 4.98 Å². The Morgan fingerprint density at radius 3 is 2.61 bits per heavy atom. The molecule has 0 atom stereocenters. The van der Waals surface area contributed by atoms with Crippen LogP contribution in [-0.2, 0) is 6.61 Å². The van der Waals surface area contributed by atoms with Gasteiger partial charge in [0.15, 0.2) is 0 Å². The van der Waals surface area contributed by atoms with Crippen LogP contribution in [0.5, 0.6) is 5.75 Å². The summed E-state index contributed by atoms with van der Waals surface area (Å²) in [6.07, 6.45) is 1.70. The summed E-state index contributed by atoms with van der Waals surface area (Å²) in [5.41, 5.74) is 4.01. The normalized spacial score (nSPS) is 10.8. The van der Waals surface area contributed by atoms with Gasteiger partial charge in [-0.2, -0.15) is 0 Å². The molecule has 0 unspecified atom stereocenters. The number of amides is 1. The van der Waals surface area contributed by atoms with Crippen LogP contribution < -0.4 is 15.6 Å². The summed E-state index contributed by atoms with van der Waals surface area (Å²) in [6, 6.07) is 17.8. The number of aromatic nitrogens is 2. The lowest BCUT2D eigenvalue weighted by Gasteiger charge is -2.12. The highest BCUT2D eigenvalue weighted by atomic mass is 79.9. The average molecular weight is 478 g/mol. The molecule has 2 heterocycles. The van der Waals surface area contributed by atoms with E-state index < -0.39 is 0 Å². The van der Waals surface area contributed by atoms with Gasteiger partial charge in [-0.3, -0.25) is 14.0 Å². The number of rotatable bonds is 5. The number of anilines is 1. The molecule has 1 amide bonds. The van der Waals surface area contributed by atoms with Gasteiger partial charge in [0, 0.05) is 34.1 Å². The largest absolute Gasteiger partial charge is 0.487 e. The van der Waals surface area contributed by atoms with Crippen LogP contribution in [0.15, 0.2) is 76.1 Å². The molecule has 1 N–H and O–H groups in total. The van der Waals surface area contributed by atoms with Gasteiger partial charge in [0.2, 0.25) is 0 Å². The van der Waals surface area contributed by atoms with Crippen molar-refractivity contribution in [3.63, 3.8) is 0 Å². The Labute approximate surface area is 187 Å². The van der Waals surface area contributed by atoms with Crippen LogP contribution in [0.3, 0.4) is 0 Å². The lowest BCUT2D eigenvalue weighted by atomic mass is 10.1. The van der Waals surface area contributed by atoms with Crippen LogP contribution in [0.2, 0.25) is 0 Å². The quantitative estimate of drug-likeness (QED) is 0.443. The fraction of sp³-hybridized carbons (Fsp3) is 0.125. The first-order chi connectivity index (χ1) is 14.9. The van der Waals surface area contributed by atoms with Gasteiger partial charge in [0.25, 0.3) is 11.5 Å². The van der Waals surface area contributed by atoms with Crippen molar-refractivity contribution in [3.05, 3.63) is 104 Å². The van der Waals surface area contributed by atoms with Crippen molar-refractivity contribution in [1.29, 1.82) is 0 Å². The van der Waals surface area contributed by atoms with Crippen LogP contribution in [-0.4, -0.2) is 15.3 Å². The van der Waals surface area contributed by atoms with Gasteiger partial charge in [-0.05, 0) is 61.4 Å². The highest BCUT2D eigenvalue weighted by molar-refractivity contribution is 9.10. The Bertz CT molecular complexity index is 1330. The van der Waals surface area contributed by atoms with E-state index in [1.54, 1.807) is 24.4 Å². The fourth-order valence-corrected chi connectivity index (χ4v) is 3.44. The van der Waals surface area contributed by atoms with Gasteiger partial charge in [-0.15, -0.1) is 0 Å². The molecule has 4 aromatic rings. The Morgan fingerprint density at radius 1 is 1.06 bits per heavy atom. The molecular weight excluding hydrogens is 458 g/mol. The maximum absolute atomic E-state index is 12.5. The first kappa shape index (κ1) is 20.8. The van der Waals surface area contributed by atoms with Gasteiger partial charge in [-0.1, -0.05) is 28.1 Å². The summed E-state index contributed by atoms with van der Waals surface area (Å²) in [5.74, 6) is 0.405. The zero-order chi connectivity index (χ0) is 22.0. The number of halogens is 1. The first-order valence-corrected chi connectivity index (χ1v) is 10.5. The molecule has 0 radical (unpaired) electrons. The molecule has 7 heteroatoms. The monoisotopic (exact) mass is 477 g/mol. The van der Waals surface area contributed by atoms with Crippen LogP contribution in [0.25, 0.3) is 5.65 Å². The third kappa shape index (κ3) is 4.67. The second kappa shape index (κ2) is 8.73. The number of aryl methyl sites for hydroxylation is 2. The summed E-state index contributed by atoms with van der Waals surface area (Å²) in [7, 11) is 0. The van der Waals surface area contributed by atoms with Crippen molar-refractivity contribution in [2.45, 2.75) is 20.5 Å². The molecule has 4 rings (SSSR count). The number of nitrogens with one attached hydrogen (secondary N) is 1. The highest BCUT2D eigenvalue weighted by Gasteiger charge is 2.10. The maximum atomic E-state index is 12.5. The van der Waals surface area contributed by atoms with Crippen molar-refractivity contribution in [1.82, 2.24) is 9.38 Å². The predicted octanol–water partition coefficient (Wildman–Crippen LogP) is 4.91. The van der Waals surface area contributed by atoms with Crippen LogP contribution >= 0.6 is 15.9 Å². The van der Waals surface area contributed by atoms with Crippen LogP contribution in [0.1, 0.15) is 27.2 Å². The standard InChI is InChI=1S/C24H20BrN3O3/c1-15-5-10-19(27-24(30)17-6-8-18(25)9-7-17)12-21(15)31-14-20-13-22(29)28-11-3-4-16(2)23(28)26-20/h3-13H,14H2,1-2H3,(H,27,30). The number of hydrogen-bond donors (Lipinski definition) is 1. The number of ether oxygens (including phenoxy) is 1. The molecule has 6 nitrogen and oxygen atoms in total.